The highest BCUT2D eigenvalue weighted by atomic mass is 19.1. The zero-order valence-electron chi connectivity index (χ0n) is 9.17. The van der Waals surface area contributed by atoms with E-state index in [4.69, 9.17) is 0 Å². The predicted octanol–water partition coefficient (Wildman–Crippen LogP) is 1.34. The minimum absolute atomic E-state index is 0.325. The lowest BCUT2D eigenvalue weighted by atomic mass is 10.2. The Morgan fingerprint density at radius 2 is 2.24 bits per heavy atom. The highest BCUT2D eigenvalue weighted by Gasteiger charge is 2.23. The summed E-state index contributed by atoms with van der Waals surface area (Å²) in [5, 5.41) is 10.2. The number of hydrogen-bond acceptors (Lipinski definition) is 4. The second kappa shape index (κ2) is 3.92. The van der Waals surface area contributed by atoms with Crippen molar-refractivity contribution in [2.45, 2.75) is 12.5 Å². The van der Waals surface area contributed by atoms with E-state index in [9.17, 15) is 9.50 Å². The van der Waals surface area contributed by atoms with Crippen molar-refractivity contribution in [3.05, 3.63) is 30.3 Å². The van der Waals surface area contributed by atoms with E-state index in [1.807, 2.05) is 4.90 Å². The maximum Gasteiger partial charge on any atom is 0.149 e. The summed E-state index contributed by atoms with van der Waals surface area (Å²) >= 11 is 0. The van der Waals surface area contributed by atoms with Crippen molar-refractivity contribution in [1.82, 2.24) is 9.97 Å². The van der Waals surface area contributed by atoms with Crippen LogP contribution in [0.15, 0.2) is 24.5 Å². The van der Waals surface area contributed by atoms with Crippen molar-refractivity contribution in [2.75, 3.05) is 18.0 Å². The Hall–Kier alpha value is -1.75. The average molecular weight is 233 g/mol. The van der Waals surface area contributed by atoms with Gasteiger partial charge in [-0.05, 0) is 18.6 Å². The number of para-hydroxylation sites is 1. The first kappa shape index (κ1) is 10.4. The predicted molar refractivity (Wildman–Crippen MR) is 62.3 cm³/mol. The number of nitrogens with zero attached hydrogens (tertiary/aromatic N) is 3. The van der Waals surface area contributed by atoms with Crippen molar-refractivity contribution in [3.63, 3.8) is 0 Å². The number of anilines is 1. The Kier molecular flexibility index (Phi) is 2.40. The van der Waals surface area contributed by atoms with E-state index in [1.165, 1.54) is 12.4 Å². The van der Waals surface area contributed by atoms with Crippen LogP contribution >= 0.6 is 0 Å². The van der Waals surface area contributed by atoms with Crippen LogP contribution in [0.2, 0.25) is 0 Å². The third kappa shape index (κ3) is 1.72. The van der Waals surface area contributed by atoms with Gasteiger partial charge in [-0.15, -0.1) is 0 Å². The lowest BCUT2D eigenvalue weighted by Gasteiger charge is -2.18. The van der Waals surface area contributed by atoms with Gasteiger partial charge in [0.25, 0.3) is 0 Å². The van der Waals surface area contributed by atoms with E-state index in [2.05, 4.69) is 9.97 Å². The van der Waals surface area contributed by atoms with Crippen molar-refractivity contribution in [2.24, 2.45) is 0 Å². The summed E-state index contributed by atoms with van der Waals surface area (Å²) in [4.78, 5) is 10.1. The van der Waals surface area contributed by atoms with Crippen LogP contribution in [0, 0.1) is 5.82 Å². The van der Waals surface area contributed by atoms with Gasteiger partial charge in [0.2, 0.25) is 0 Å². The molecular formula is C12H12FN3O. The minimum atomic E-state index is -0.342. The van der Waals surface area contributed by atoms with Crippen LogP contribution in [0.3, 0.4) is 0 Å². The topological polar surface area (TPSA) is 49.2 Å². The lowest BCUT2D eigenvalue weighted by Crippen LogP contribution is -2.22. The molecule has 88 valence electrons. The molecule has 1 aromatic carbocycles. The number of benzene rings is 1. The Morgan fingerprint density at radius 1 is 1.35 bits per heavy atom. The van der Waals surface area contributed by atoms with Gasteiger partial charge in [0.1, 0.15) is 23.5 Å². The van der Waals surface area contributed by atoms with Crippen LogP contribution in [0.25, 0.3) is 10.9 Å². The van der Waals surface area contributed by atoms with Crippen LogP contribution < -0.4 is 4.90 Å². The zero-order valence-corrected chi connectivity index (χ0v) is 9.17. The van der Waals surface area contributed by atoms with Crippen molar-refractivity contribution in [1.29, 1.82) is 0 Å². The van der Waals surface area contributed by atoms with Crippen LogP contribution in [0.4, 0.5) is 10.2 Å². The number of aliphatic hydroxyl groups excluding tert-OH is 1. The molecule has 2 aromatic rings. The molecule has 1 N–H and O–H groups in total. The van der Waals surface area contributed by atoms with Crippen LogP contribution in [-0.4, -0.2) is 34.3 Å². The highest BCUT2D eigenvalue weighted by Crippen LogP contribution is 2.26. The van der Waals surface area contributed by atoms with E-state index in [-0.39, 0.29) is 11.9 Å². The number of aromatic nitrogens is 2. The molecule has 0 unspecified atom stereocenters. The fourth-order valence-corrected chi connectivity index (χ4v) is 2.22. The molecule has 1 fully saturated rings. The van der Waals surface area contributed by atoms with Crippen molar-refractivity contribution in [3.8, 4) is 0 Å². The summed E-state index contributed by atoms with van der Waals surface area (Å²) in [6.07, 6.45) is 1.76. The number of fused-ring (bicyclic) bond motifs is 1. The molecule has 1 saturated heterocycles. The van der Waals surface area contributed by atoms with Crippen LogP contribution in [-0.2, 0) is 0 Å². The summed E-state index contributed by atoms with van der Waals surface area (Å²) in [6, 6.07) is 4.84. The van der Waals surface area contributed by atoms with Crippen molar-refractivity contribution >= 4 is 16.7 Å². The molecule has 1 atom stereocenters. The summed E-state index contributed by atoms with van der Waals surface area (Å²) in [5.74, 6) is 0.358. The molecule has 17 heavy (non-hydrogen) atoms. The van der Waals surface area contributed by atoms with Gasteiger partial charge in [-0.25, -0.2) is 14.4 Å². The van der Waals surface area contributed by atoms with Gasteiger partial charge < -0.3 is 10.0 Å². The van der Waals surface area contributed by atoms with E-state index in [0.717, 1.165) is 13.0 Å². The van der Waals surface area contributed by atoms with Crippen LogP contribution in [0.5, 0.6) is 0 Å². The molecule has 0 spiro atoms. The molecule has 2 heterocycles. The molecule has 1 aromatic heterocycles. The van der Waals surface area contributed by atoms with E-state index < -0.39 is 0 Å². The third-order valence-corrected chi connectivity index (χ3v) is 3.06. The largest absolute Gasteiger partial charge is 0.391 e. The van der Waals surface area contributed by atoms with Crippen molar-refractivity contribution < 1.29 is 9.50 Å². The van der Waals surface area contributed by atoms with E-state index in [0.29, 0.717) is 23.3 Å². The number of β-amino-alcohol motifs (C(OH)–C–C–N with tert-alkyl or cyclic N) is 1. The Balaban J connectivity index is 2.13. The van der Waals surface area contributed by atoms with Gasteiger partial charge in [0.15, 0.2) is 0 Å². The molecule has 1 aliphatic rings. The minimum Gasteiger partial charge on any atom is -0.391 e. The number of halogens is 1. The molecule has 0 aliphatic carbocycles. The number of hydrogen-bond donors (Lipinski definition) is 1. The first-order valence-corrected chi connectivity index (χ1v) is 5.58. The second-order valence-corrected chi connectivity index (χ2v) is 4.22. The molecule has 5 heteroatoms. The van der Waals surface area contributed by atoms with Gasteiger partial charge in [0.05, 0.1) is 6.10 Å². The van der Waals surface area contributed by atoms with E-state index >= 15 is 0 Å². The average Bonchev–Trinajstić information content (AvgIpc) is 2.76. The summed E-state index contributed by atoms with van der Waals surface area (Å²) in [6.45, 7) is 1.28. The summed E-state index contributed by atoms with van der Waals surface area (Å²) in [5.41, 5.74) is 0.332. The smallest absolute Gasteiger partial charge is 0.149 e. The number of aliphatic hydroxyl groups is 1. The molecule has 0 amide bonds. The molecule has 0 bridgehead atoms. The van der Waals surface area contributed by atoms with Crippen LogP contribution in [0.1, 0.15) is 6.42 Å². The first-order valence-electron chi connectivity index (χ1n) is 5.58. The zero-order chi connectivity index (χ0) is 11.8. The Labute approximate surface area is 97.7 Å². The second-order valence-electron chi connectivity index (χ2n) is 4.22. The molecule has 0 saturated carbocycles. The standard InChI is InChI=1S/C12H12FN3O/c13-10-3-1-2-9-11(10)14-7-15-12(9)16-5-4-8(17)6-16/h1-3,7-8,17H,4-6H2/t8-/m1/s1. The fraction of sp³-hybridized carbons (Fsp3) is 0.333. The maximum atomic E-state index is 13.6. The Bertz CT molecular complexity index is 560. The van der Waals surface area contributed by atoms with Gasteiger partial charge in [-0.1, -0.05) is 6.07 Å². The van der Waals surface area contributed by atoms with Gasteiger partial charge in [0, 0.05) is 18.5 Å². The summed E-state index contributed by atoms with van der Waals surface area (Å²) in [7, 11) is 0. The van der Waals surface area contributed by atoms with Gasteiger partial charge in [-0.3, -0.25) is 0 Å². The quantitative estimate of drug-likeness (QED) is 0.807. The third-order valence-electron chi connectivity index (χ3n) is 3.06. The monoisotopic (exact) mass is 233 g/mol. The number of rotatable bonds is 1. The fourth-order valence-electron chi connectivity index (χ4n) is 2.22. The maximum absolute atomic E-state index is 13.6. The summed E-state index contributed by atoms with van der Waals surface area (Å²) < 4.78 is 13.6. The van der Waals surface area contributed by atoms with Gasteiger partial charge >= 0.3 is 0 Å². The SMILES string of the molecule is O[C@@H]1CCN(c2ncnc3c(F)cccc23)C1. The molecular weight excluding hydrogens is 221 g/mol. The molecule has 4 nitrogen and oxygen atoms in total. The molecule has 0 radical (unpaired) electrons. The lowest BCUT2D eigenvalue weighted by molar-refractivity contribution is 0.198. The van der Waals surface area contributed by atoms with E-state index in [1.54, 1.807) is 12.1 Å². The Morgan fingerprint density at radius 3 is 3.00 bits per heavy atom. The first-order chi connectivity index (χ1) is 8.25. The highest BCUT2D eigenvalue weighted by molar-refractivity contribution is 5.89. The normalized spacial score (nSPS) is 20.1. The molecule has 3 rings (SSSR count). The molecule has 1 aliphatic heterocycles. The van der Waals surface area contributed by atoms with Gasteiger partial charge in [-0.2, -0.15) is 0 Å².